The molecule has 1 heterocycles. The van der Waals surface area contributed by atoms with E-state index in [1.807, 2.05) is 0 Å². The van der Waals surface area contributed by atoms with Crippen LogP contribution in [0.4, 0.5) is 0 Å². The minimum absolute atomic E-state index is 0.0764. The number of amides is 1. The quantitative estimate of drug-likeness (QED) is 0.618. The highest BCUT2D eigenvalue weighted by atomic mass is 16.3. The molecule has 3 heteroatoms. The van der Waals surface area contributed by atoms with Gasteiger partial charge in [-0.2, -0.15) is 0 Å². The predicted molar refractivity (Wildman–Crippen MR) is 42.1 cm³/mol. The zero-order valence-electron chi connectivity index (χ0n) is 6.89. The van der Waals surface area contributed by atoms with Gasteiger partial charge in [0, 0.05) is 18.4 Å². The Morgan fingerprint density at radius 3 is 2.82 bits per heavy atom. The van der Waals surface area contributed by atoms with Crippen molar-refractivity contribution in [3.8, 4) is 0 Å². The van der Waals surface area contributed by atoms with Crippen LogP contribution in [0.1, 0.15) is 26.2 Å². The van der Waals surface area contributed by atoms with Gasteiger partial charge in [0.25, 0.3) is 0 Å². The molecule has 0 aliphatic carbocycles. The van der Waals surface area contributed by atoms with Crippen LogP contribution in [-0.2, 0) is 4.79 Å². The van der Waals surface area contributed by atoms with Gasteiger partial charge in [-0.15, -0.1) is 0 Å². The number of rotatable bonds is 3. The number of hydrogen-bond acceptors (Lipinski definition) is 2. The number of hydrogen-bond donors (Lipinski definition) is 2. The Morgan fingerprint density at radius 1 is 1.73 bits per heavy atom. The highest BCUT2D eigenvalue weighted by molar-refractivity contribution is 5.79. The fourth-order valence-electron chi connectivity index (χ4n) is 1.65. The molecule has 1 rings (SSSR count). The molecule has 3 nitrogen and oxygen atoms in total. The lowest BCUT2D eigenvalue weighted by Gasteiger charge is -2.22. The molecule has 0 aromatic rings. The lowest BCUT2D eigenvalue weighted by Crippen LogP contribution is -2.27. The zero-order chi connectivity index (χ0) is 8.32. The second kappa shape index (κ2) is 3.22. The fraction of sp³-hybridized carbons (Fsp3) is 0.875. The summed E-state index contributed by atoms with van der Waals surface area (Å²) in [5.41, 5.74) is -0.147. The molecule has 2 N–H and O–H groups in total. The van der Waals surface area contributed by atoms with Crippen LogP contribution in [0.5, 0.6) is 0 Å². The van der Waals surface area contributed by atoms with Crippen molar-refractivity contribution in [3.05, 3.63) is 0 Å². The number of carbonyl (C=O) groups is 1. The highest BCUT2D eigenvalue weighted by Gasteiger charge is 2.36. The Balaban J connectivity index is 2.54. The number of aliphatic hydroxyl groups excluding tert-OH is 1. The van der Waals surface area contributed by atoms with E-state index in [2.05, 4.69) is 12.2 Å². The fourth-order valence-corrected chi connectivity index (χ4v) is 1.65. The first-order valence-corrected chi connectivity index (χ1v) is 4.10. The Hall–Kier alpha value is -0.570. The van der Waals surface area contributed by atoms with E-state index in [1.165, 1.54) is 0 Å². The van der Waals surface area contributed by atoms with Crippen LogP contribution in [-0.4, -0.2) is 24.2 Å². The Labute approximate surface area is 66.8 Å². The average molecular weight is 157 g/mol. The molecule has 1 fully saturated rings. The first-order chi connectivity index (χ1) is 5.22. The topological polar surface area (TPSA) is 49.3 Å². The maximum Gasteiger partial charge on any atom is 0.220 e. The minimum atomic E-state index is -0.147. The highest BCUT2D eigenvalue weighted by Crippen LogP contribution is 2.30. The van der Waals surface area contributed by atoms with Crippen LogP contribution in [0.3, 0.4) is 0 Å². The molecule has 1 aliphatic heterocycles. The summed E-state index contributed by atoms with van der Waals surface area (Å²) >= 11 is 0. The Bertz CT molecular complexity index is 158. The van der Waals surface area contributed by atoms with Crippen molar-refractivity contribution in [2.75, 3.05) is 13.2 Å². The average Bonchev–Trinajstić information content (AvgIpc) is 2.34. The monoisotopic (exact) mass is 157 g/mol. The van der Waals surface area contributed by atoms with Gasteiger partial charge in [0.1, 0.15) is 0 Å². The van der Waals surface area contributed by atoms with Gasteiger partial charge in [0.2, 0.25) is 5.91 Å². The molecule has 0 bridgehead atoms. The maximum absolute atomic E-state index is 10.9. The van der Waals surface area contributed by atoms with Crippen molar-refractivity contribution in [2.45, 2.75) is 26.2 Å². The van der Waals surface area contributed by atoms with Gasteiger partial charge in [0.15, 0.2) is 0 Å². The Morgan fingerprint density at radius 2 is 2.45 bits per heavy atom. The number of nitrogens with one attached hydrogen (secondary N) is 1. The first-order valence-electron chi connectivity index (χ1n) is 4.10. The van der Waals surface area contributed by atoms with E-state index in [0.717, 1.165) is 12.8 Å². The molecule has 1 amide bonds. The van der Waals surface area contributed by atoms with Crippen LogP contribution in [0.2, 0.25) is 0 Å². The smallest absolute Gasteiger partial charge is 0.220 e. The summed E-state index contributed by atoms with van der Waals surface area (Å²) in [6, 6.07) is 0. The molecular weight excluding hydrogens is 142 g/mol. The van der Waals surface area contributed by atoms with Crippen molar-refractivity contribution >= 4 is 5.91 Å². The summed E-state index contributed by atoms with van der Waals surface area (Å²) in [7, 11) is 0. The summed E-state index contributed by atoms with van der Waals surface area (Å²) in [5, 5.41) is 11.8. The lowest BCUT2D eigenvalue weighted by molar-refractivity contribution is -0.119. The Kier molecular flexibility index (Phi) is 2.49. The molecule has 1 saturated heterocycles. The van der Waals surface area contributed by atoms with E-state index in [4.69, 9.17) is 5.11 Å². The molecule has 1 atom stereocenters. The largest absolute Gasteiger partial charge is 0.396 e. The normalized spacial score (nSPS) is 30.5. The summed E-state index contributed by atoms with van der Waals surface area (Å²) < 4.78 is 0. The van der Waals surface area contributed by atoms with Crippen LogP contribution in [0, 0.1) is 5.41 Å². The zero-order valence-corrected chi connectivity index (χ0v) is 6.89. The van der Waals surface area contributed by atoms with Gasteiger partial charge in [-0.3, -0.25) is 4.79 Å². The van der Waals surface area contributed by atoms with Crippen molar-refractivity contribution in [2.24, 2.45) is 5.41 Å². The van der Waals surface area contributed by atoms with Crippen LogP contribution < -0.4 is 5.32 Å². The molecule has 11 heavy (non-hydrogen) atoms. The van der Waals surface area contributed by atoms with E-state index in [1.54, 1.807) is 0 Å². The van der Waals surface area contributed by atoms with Gasteiger partial charge in [0.05, 0.1) is 6.61 Å². The molecule has 0 saturated carbocycles. The summed E-state index contributed by atoms with van der Waals surface area (Å²) in [4.78, 5) is 10.9. The van der Waals surface area contributed by atoms with Gasteiger partial charge >= 0.3 is 0 Å². The lowest BCUT2D eigenvalue weighted by atomic mass is 9.83. The summed E-state index contributed by atoms with van der Waals surface area (Å²) in [6.07, 6.45) is 2.45. The van der Waals surface area contributed by atoms with Crippen LogP contribution >= 0.6 is 0 Å². The third-order valence-corrected chi connectivity index (χ3v) is 2.31. The standard InChI is InChI=1S/C8H15NO2/c1-2-3-8(6-10)4-7(11)9-5-8/h10H,2-6H2,1H3,(H,9,11). The van der Waals surface area contributed by atoms with Crippen molar-refractivity contribution in [1.29, 1.82) is 0 Å². The van der Waals surface area contributed by atoms with E-state index in [9.17, 15) is 4.79 Å². The molecule has 64 valence electrons. The van der Waals surface area contributed by atoms with Crippen molar-refractivity contribution in [3.63, 3.8) is 0 Å². The summed E-state index contributed by atoms with van der Waals surface area (Å²) in [5.74, 6) is 0.0764. The SMILES string of the molecule is CCCC1(CO)CNC(=O)C1. The van der Waals surface area contributed by atoms with Gasteiger partial charge in [-0.1, -0.05) is 13.3 Å². The molecule has 0 aromatic carbocycles. The second-order valence-electron chi connectivity index (χ2n) is 3.36. The van der Waals surface area contributed by atoms with Crippen molar-refractivity contribution < 1.29 is 9.90 Å². The van der Waals surface area contributed by atoms with E-state index >= 15 is 0 Å². The molecule has 0 aromatic heterocycles. The third-order valence-electron chi connectivity index (χ3n) is 2.31. The second-order valence-corrected chi connectivity index (χ2v) is 3.36. The summed E-state index contributed by atoms with van der Waals surface area (Å²) in [6.45, 7) is 2.84. The molecule has 0 spiro atoms. The van der Waals surface area contributed by atoms with Gasteiger partial charge < -0.3 is 10.4 Å². The van der Waals surface area contributed by atoms with E-state index < -0.39 is 0 Å². The number of carbonyl (C=O) groups excluding carboxylic acids is 1. The van der Waals surface area contributed by atoms with Gasteiger partial charge in [-0.05, 0) is 6.42 Å². The van der Waals surface area contributed by atoms with Crippen LogP contribution in [0.25, 0.3) is 0 Å². The maximum atomic E-state index is 10.9. The molecule has 1 aliphatic rings. The van der Waals surface area contributed by atoms with Gasteiger partial charge in [-0.25, -0.2) is 0 Å². The molecule has 0 radical (unpaired) electrons. The minimum Gasteiger partial charge on any atom is -0.396 e. The third kappa shape index (κ3) is 1.71. The predicted octanol–water partition coefficient (Wildman–Crippen LogP) is 0.285. The van der Waals surface area contributed by atoms with E-state index in [-0.39, 0.29) is 17.9 Å². The molecule has 1 unspecified atom stereocenters. The number of aliphatic hydroxyl groups is 1. The van der Waals surface area contributed by atoms with E-state index in [0.29, 0.717) is 13.0 Å². The molecular formula is C8H15NO2. The van der Waals surface area contributed by atoms with Crippen LogP contribution in [0.15, 0.2) is 0 Å². The first kappa shape index (κ1) is 8.53. The van der Waals surface area contributed by atoms with Crippen molar-refractivity contribution in [1.82, 2.24) is 5.32 Å².